The highest BCUT2D eigenvalue weighted by Gasteiger charge is 2.26. The third-order valence-corrected chi connectivity index (χ3v) is 4.64. The summed E-state index contributed by atoms with van der Waals surface area (Å²) in [5.74, 6) is 2.39. The number of ether oxygens (including phenoxy) is 1. The molecule has 2 heterocycles. The summed E-state index contributed by atoms with van der Waals surface area (Å²) in [6.07, 6.45) is 5.42. The topological polar surface area (TPSA) is 54.7 Å². The van der Waals surface area contributed by atoms with Crippen LogP contribution in [0, 0.1) is 0 Å². The predicted octanol–water partition coefficient (Wildman–Crippen LogP) is 2.77. The molecule has 2 aromatic rings. The molecule has 3 rings (SSSR count). The minimum absolute atomic E-state index is 0.195. The van der Waals surface area contributed by atoms with Crippen molar-refractivity contribution in [2.24, 2.45) is 12.0 Å². The molecule has 1 aliphatic heterocycles. The number of benzene rings is 1. The van der Waals surface area contributed by atoms with Crippen LogP contribution < -0.4 is 10.1 Å². The molecular weight excluding hydrogens is 326 g/mol. The third kappa shape index (κ3) is 4.56. The van der Waals surface area contributed by atoms with Crippen molar-refractivity contribution in [3.8, 4) is 5.75 Å². The number of likely N-dealkylation sites (tertiary alicyclic amines) is 1. The number of hydrogen-bond donors (Lipinski definition) is 1. The quantitative estimate of drug-likeness (QED) is 0.662. The Balaban J connectivity index is 1.53. The van der Waals surface area contributed by atoms with Crippen LogP contribution in [0.4, 0.5) is 0 Å². The number of aromatic nitrogens is 2. The molecule has 26 heavy (non-hydrogen) atoms. The zero-order chi connectivity index (χ0) is 18.5. The molecule has 1 N–H and O–H groups in total. The van der Waals surface area contributed by atoms with Gasteiger partial charge >= 0.3 is 0 Å². The Kier molecular flexibility index (Phi) is 5.81. The number of nitrogens with one attached hydrogen (secondary N) is 1. The molecule has 0 spiro atoms. The fraction of sp³-hybridized carbons (Fsp3) is 0.500. The van der Waals surface area contributed by atoms with Gasteiger partial charge in [0.25, 0.3) is 0 Å². The number of aryl methyl sites for hydroxylation is 1. The second-order valence-corrected chi connectivity index (χ2v) is 7.09. The fourth-order valence-electron chi connectivity index (χ4n) is 3.35. The van der Waals surface area contributed by atoms with Gasteiger partial charge in [-0.2, -0.15) is 5.10 Å². The summed E-state index contributed by atoms with van der Waals surface area (Å²) < 4.78 is 7.57. The first kappa shape index (κ1) is 18.3. The van der Waals surface area contributed by atoms with Crippen LogP contribution in [0.2, 0.25) is 0 Å². The summed E-state index contributed by atoms with van der Waals surface area (Å²) >= 11 is 0. The normalized spacial score (nSPS) is 17.8. The van der Waals surface area contributed by atoms with Crippen molar-refractivity contribution in [2.45, 2.75) is 38.8 Å². The van der Waals surface area contributed by atoms with Gasteiger partial charge in [0.05, 0.1) is 12.3 Å². The highest BCUT2D eigenvalue weighted by atomic mass is 16.5. The van der Waals surface area contributed by atoms with E-state index in [0.717, 1.165) is 37.8 Å². The average molecular weight is 355 g/mol. The van der Waals surface area contributed by atoms with Crippen molar-refractivity contribution in [3.63, 3.8) is 0 Å². The Morgan fingerprint density at radius 2 is 2.12 bits per heavy atom. The summed E-state index contributed by atoms with van der Waals surface area (Å²) in [5, 5.41) is 7.77. The first-order chi connectivity index (χ1) is 12.5. The van der Waals surface area contributed by atoms with E-state index in [9.17, 15) is 0 Å². The second kappa shape index (κ2) is 8.25. The summed E-state index contributed by atoms with van der Waals surface area (Å²) in [7, 11) is 3.81. The van der Waals surface area contributed by atoms with E-state index >= 15 is 0 Å². The fourth-order valence-corrected chi connectivity index (χ4v) is 3.35. The van der Waals surface area contributed by atoms with Crippen LogP contribution in [-0.2, 0) is 13.6 Å². The number of rotatable bonds is 5. The van der Waals surface area contributed by atoms with E-state index in [2.05, 4.69) is 38.6 Å². The highest BCUT2D eigenvalue weighted by Crippen LogP contribution is 2.26. The van der Waals surface area contributed by atoms with Crippen molar-refractivity contribution < 1.29 is 4.74 Å². The molecule has 6 nitrogen and oxygen atoms in total. The van der Waals surface area contributed by atoms with Crippen LogP contribution in [0.25, 0.3) is 0 Å². The molecule has 1 aliphatic rings. The van der Waals surface area contributed by atoms with Gasteiger partial charge in [0.1, 0.15) is 5.75 Å². The molecule has 0 radical (unpaired) electrons. The Bertz CT molecular complexity index is 735. The summed E-state index contributed by atoms with van der Waals surface area (Å²) in [5.41, 5.74) is 2.52. The maximum atomic E-state index is 5.69. The van der Waals surface area contributed by atoms with Gasteiger partial charge in [-0.3, -0.25) is 9.67 Å². The summed E-state index contributed by atoms with van der Waals surface area (Å²) in [6, 6.07) is 8.24. The number of nitrogens with zero attached hydrogens (tertiary/aromatic N) is 4. The molecule has 1 aromatic heterocycles. The maximum absolute atomic E-state index is 5.69. The molecule has 0 aliphatic carbocycles. The van der Waals surface area contributed by atoms with Gasteiger partial charge in [-0.1, -0.05) is 12.1 Å². The second-order valence-electron chi connectivity index (χ2n) is 7.09. The van der Waals surface area contributed by atoms with Crippen molar-refractivity contribution in [1.29, 1.82) is 0 Å². The van der Waals surface area contributed by atoms with Crippen LogP contribution in [0.15, 0.2) is 41.7 Å². The zero-order valence-corrected chi connectivity index (χ0v) is 16.1. The first-order valence-corrected chi connectivity index (χ1v) is 9.25. The van der Waals surface area contributed by atoms with Gasteiger partial charge in [0, 0.05) is 45.8 Å². The monoisotopic (exact) mass is 355 g/mol. The van der Waals surface area contributed by atoms with Gasteiger partial charge in [0.15, 0.2) is 5.96 Å². The van der Waals surface area contributed by atoms with Crippen molar-refractivity contribution in [2.75, 3.05) is 20.1 Å². The first-order valence-electron chi connectivity index (χ1n) is 9.25. The number of hydrogen-bond acceptors (Lipinski definition) is 3. The molecule has 6 heteroatoms. The molecule has 140 valence electrons. The van der Waals surface area contributed by atoms with E-state index in [1.54, 1.807) is 0 Å². The lowest BCUT2D eigenvalue weighted by Gasteiger charge is -2.21. The van der Waals surface area contributed by atoms with Crippen LogP contribution in [0.3, 0.4) is 0 Å². The van der Waals surface area contributed by atoms with Crippen LogP contribution in [-0.4, -0.2) is 46.9 Å². The summed E-state index contributed by atoms with van der Waals surface area (Å²) in [6.45, 7) is 6.82. The van der Waals surface area contributed by atoms with Gasteiger partial charge in [-0.15, -0.1) is 0 Å². The lowest BCUT2D eigenvalue weighted by molar-refractivity contribution is 0.242. The van der Waals surface area contributed by atoms with Crippen LogP contribution >= 0.6 is 0 Å². The van der Waals surface area contributed by atoms with E-state index in [0.29, 0.717) is 5.92 Å². The van der Waals surface area contributed by atoms with E-state index in [4.69, 9.17) is 4.74 Å². The van der Waals surface area contributed by atoms with Crippen molar-refractivity contribution in [3.05, 3.63) is 47.8 Å². The van der Waals surface area contributed by atoms with Gasteiger partial charge in [0.2, 0.25) is 0 Å². The Labute approximate surface area is 155 Å². The predicted molar refractivity (Wildman–Crippen MR) is 105 cm³/mol. The Morgan fingerprint density at radius 3 is 2.73 bits per heavy atom. The van der Waals surface area contributed by atoms with Crippen LogP contribution in [0.1, 0.15) is 37.3 Å². The van der Waals surface area contributed by atoms with E-state index in [1.807, 2.05) is 51.0 Å². The number of aliphatic imine (C=N–C) groups is 1. The Morgan fingerprint density at radius 1 is 1.35 bits per heavy atom. The van der Waals surface area contributed by atoms with E-state index < -0.39 is 0 Å². The SMILES string of the molecule is CN=C(NCc1ccc(OC(C)C)cc1)N1CCC(c2cnn(C)c2)C1. The molecule has 1 atom stereocenters. The van der Waals surface area contributed by atoms with Gasteiger partial charge < -0.3 is 15.0 Å². The van der Waals surface area contributed by atoms with Crippen LogP contribution in [0.5, 0.6) is 5.75 Å². The minimum Gasteiger partial charge on any atom is -0.491 e. The maximum Gasteiger partial charge on any atom is 0.193 e. The average Bonchev–Trinajstić information content (AvgIpc) is 3.25. The third-order valence-electron chi connectivity index (χ3n) is 4.64. The molecule has 1 aromatic carbocycles. The molecule has 1 unspecified atom stereocenters. The standard InChI is InChI=1S/C20H29N5O/c1-15(2)26-19-7-5-16(6-8-19)11-22-20(21-3)25-10-9-17(14-25)18-12-23-24(4)13-18/h5-8,12-13,15,17H,9-11,14H2,1-4H3,(H,21,22). The molecule has 0 bridgehead atoms. The molecular formula is C20H29N5O. The Hall–Kier alpha value is -2.50. The molecule has 1 saturated heterocycles. The van der Waals surface area contributed by atoms with Crippen molar-refractivity contribution >= 4 is 5.96 Å². The minimum atomic E-state index is 0.195. The zero-order valence-electron chi connectivity index (χ0n) is 16.1. The molecule has 0 saturated carbocycles. The smallest absolute Gasteiger partial charge is 0.193 e. The molecule has 0 amide bonds. The van der Waals surface area contributed by atoms with Crippen molar-refractivity contribution in [1.82, 2.24) is 20.0 Å². The summed E-state index contributed by atoms with van der Waals surface area (Å²) in [4.78, 5) is 6.79. The lowest BCUT2D eigenvalue weighted by Crippen LogP contribution is -2.39. The number of guanidine groups is 1. The molecule has 1 fully saturated rings. The van der Waals surface area contributed by atoms with Gasteiger partial charge in [-0.25, -0.2) is 0 Å². The largest absolute Gasteiger partial charge is 0.491 e. The van der Waals surface area contributed by atoms with Gasteiger partial charge in [-0.05, 0) is 43.5 Å². The highest BCUT2D eigenvalue weighted by molar-refractivity contribution is 5.80. The lowest BCUT2D eigenvalue weighted by atomic mass is 10.0. The van der Waals surface area contributed by atoms with E-state index in [1.165, 1.54) is 11.1 Å². The van der Waals surface area contributed by atoms with E-state index in [-0.39, 0.29) is 6.10 Å².